The molecule has 2 aromatic carbocycles. The highest BCUT2D eigenvalue weighted by atomic mass is 35.5. The number of furan rings is 1. The molecule has 2 bridgehead atoms. The first-order valence-electron chi connectivity index (χ1n) is 12.3. The van der Waals surface area contributed by atoms with Crippen LogP contribution in [0, 0.1) is 23.7 Å². The Bertz CT molecular complexity index is 1500. The van der Waals surface area contributed by atoms with Gasteiger partial charge in [-0.05, 0) is 66.8 Å². The van der Waals surface area contributed by atoms with Crippen LogP contribution in [0.2, 0.25) is 5.02 Å². The van der Waals surface area contributed by atoms with E-state index in [1.54, 1.807) is 18.2 Å². The Morgan fingerprint density at radius 1 is 0.923 bits per heavy atom. The molecule has 4 atom stereocenters. The van der Waals surface area contributed by atoms with Crippen molar-refractivity contribution in [3.63, 3.8) is 0 Å². The largest absolute Gasteiger partial charge is 0.457 e. The SMILES string of the molecule is O=C(CN(C(=O)c1ccccc1Cl)N1C(=O)[C@H]2[C@H](C1=O)[C@H]1C=C[C@H]2C1)c1ccc(OC(=O)c2ccco2)cc1. The molecule has 39 heavy (non-hydrogen) atoms. The lowest BCUT2D eigenvalue weighted by molar-refractivity contribution is -0.154. The van der Waals surface area contributed by atoms with E-state index in [1.807, 2.05) is 12.2 Å². The van der Waals surface area contributed by atoms with Gasteiger partial charge in [-0.3, -0.25) is 19.2 Å². The zero-order valence-electron chi connectivity index (χ0n) is 20.4. The predicted molar refractivity (Wildman–Crippen MR) is 136 cm³/mol. The van der Waals surface area contributed by atoms with Crippen molar-refractivity contribution >= 4 is 41.1 Å². The maximum atomic E-state index is 13.7. The molecule has 0 radical (unpaired) electrons. The van der Waals surface area contributed by atoms with Crippen LogP contribution in [-0.4, -0.2) is 46.0 Å². The molecule has 2 fully saturated rings. The van der Waals surface area contributed by atoms with Crippen LogP contribution < -0.4 is 4.74 Å². The second-order valence-corrected chi connectivity index (χ2v) is 10.1. The number of rotatable bonds is 7. The summed E-state index contributed by atoms with van der Waals surface area (Å²) in [5.41, 5.74) is 0.247. The molecule has 3 aliphatic rings. The fourth-order valence-electron chi connectivity index (χ4n) is 5.62. The number of imide groups is 1. The van der Waals surface area contributed by atoms with Gasteiger partial charge in [0.2, 0.25) is 5.76 Å². The zero-order valence-corrected chi connectivity index (χ0v) is 21.1. The van der Waals surface area contributed by atoms with Gasteiger partial charge in [-0.2, -0.15) is 5.01 Å². The van der Waals surface area contributed by atoms with Gasteiger partial charge in [-0.15, -0.1) is 0 Å². The number of hydrogen-bond donors (Lipinski definition) is 0. The van der Waals surface area contributed by atoms with Crippen molar-refractivity contribution in [2.75, 3.05) is 6.54 Å². The van der Waals surface area contributed by atoms with E-state index in [0.717, 1.165) is 16.4 Å². The van der Waals surface area contributed by atoms with E-state index in [1.165, 1.54) is 48.7 Å². The number of fused-ring (bicyclic) bond motifs is 5. The maximum Gasteiger partial charge on any atom is 0.379 e. The number of nitrogens with zero attached hydrogens (tertiary/aromatic N) is 2. The normalized spacial score (nSPS) is 22.7. The molecule has 3 aromatic rings. The van der Waals surface area contributed by atoms with Crippen LogP contribution in [0.3, 0.4) is 0 Å². The summed E-state index contributed by atoms with van der Waals surface area (Å²) in [6.45, 7) is -0.574. The summed E-state index contributed by atoms with van der Waals surface area (Å²) in [7, 11) is 0. The van der Waals surface area contributed by atoms with Gasteiger partial charge in [-0.25, -0.2) is 9.80 Å². The standard InChI is InChI=1S/C29H21ClN2O7/c30-21-5-2-1-4-20(21)26(34)31(32-27(35)24-17-7-8-18(14-17)25(24)28(32)36)15-22(33)16-9-11-19(12-10-16)39-29(37)23-6-3-13-38-23/h1-13,17-18,24-25H,14-15H2/t17-,18-,24+,25+/m0/s1. The van der Waals surface area contributed by atoms with Crippen LogP contribution in [-0.2, 0) is 9.59 Å². The van der Waals surface area contributed by atoms with Gasteiger partial charge >= 0.3 is 5.97 Å². The van der Waals surface area contributed by atoms with Crippen LogP contribution in [0.1, 0.15) is 37.7 Å². The van der Waals surface area contributed by atoms with Gasteiger partial charge in [0.25, 0.3) is 17.7 Å². The first kappa shape index (κ1) is 24.8. The van der Waals surface area contributed by atoms with Crippen molar-refractivity contribution in [1.29, 1.82) is 0 Å². The summed E-state index contributed by atoms with van der Waals surface area (Å²) in [5, 5.41) is 1.87. The minimum atomic E-state index is -0.736. The highest BCUT2D eigenvalue weighted by Crippen LogP contribution is 2.52. The van der Waals surface area contributed by atoms with Crippen LogP contribution >= 0.6 is 11.6 Å². The third kappa shape index (κ3) is 4.24. The van der Waals surface area contributed by atoms with E-state index in [4.69, 9.17) is 20.8 Å². The van der Waals surface area contributed by atoms with Crippen molar-refractivity contribution in [2.24, 2.45) is 23.7 Å². The summed E-state index contributed by atoms with van der Waals surface area (Å²) < 4.78 is 10.2. The molecule has 1 saturated heterocycles. The molecule has 0 N–H and O–H groups in total. The number of allylic oxidation sites excluding steroid dienone is 2. The van der Waals surface area contributed by atoms with E-state index < -0.39 is 47.9 Å². The van der Waals surface area contributed by atoms with Gasteiger partial charge in [0.05, 0.1) is 28.7 Å². The second-order valence-electron chi connectivity index (χ2n) is 9.65. The number of hydrazine groups is 1. The second kappa shape index (κ2) is 9.67. The first-order chi connectivity index (χ1) is 18.8. The molecule has 3 amide bonds. The molecule has 2 heterocycles. The average molecular weight is 545 g/mol. The number of benzene rings is 2. The van der Waals surface area contributed by atoms with E-state index in [2.05, 4.69) is 0 Å². The summed E-state index contributed by atoms with van der Waals surface area (Å²) >= 11 is 6.27. The number of esters is 1. The number of ketones is 1. The fraction of sp³-hybridized carbons (Fsp3) is 0.207. The smallest absolute Gasteiger partial charge is 0.379 e. The Hall–Kier alpha value is -4.50. The fourth-order valence-corrected chi connectivity index (χ4v) is 5.84. The molecule has 6 rings (SSSR count). The number of hydrogen-bond acceptors (Lipinski definition) is 7. The van der Waals surface area contributed by atoms with Crippen LogP contribution in [0.15, 0.2) is 83.5 Å². The Morgan fingerprint density at radius 3 is 2.21 bits per heavy atom. The highest BCUT2D eigenvalue weighted by Gasteiger charge is 2.61. The van der Waals surface area contributed by atoms with Crippen LogP contribution in [0.25, 0.3) is 0 Å². The summed E-state index contributed by atoms with van der Waals surface area (Å²) in [6.07, 6.45) is 5.98. The summed E-state index contributed by atoms with van der Waals surface area (Å²) in [5.74, 6) is -3.97. The van der Waals surface area contributed by atoms with Crippen molar-refractivity contribution < 1.29 is 33.1 Å². The lowest BCUT2D eigenvalue weighted by atomic mass is 9.85. The molecule has 9 nitrogen and oxygen atoms in total. The Labute approximate surface area is 227 Å². The topological polar surface area (TPSA) is 114 Å². The van der Waals surface area contributed by atoms with Crippen LogP contribution in [0.4, 0.5) is 0 Å². The van der Waals surface area contributed by atoms with E-state index in [9.17, 15) is 24.0 Å². The van der Waals surface area contributed by atoms with Gasteiger partial charge in [0.1, 0.15) is 12.3 Å². The van der Waals surface area contributed by atoms with E-state index >= 15 is 0 Å². The lowest BCUT2D eigenvalue weighted by Crippen LogP contribution is -2.52. The monoisotopic (exact) mass is 544 g/mol. The third-order valence-electron chi connectivity index (χ3n) is 7.43. The number of carbonyl (C=O) groups excluding carboxylic acids is 5. The third-order valence-corrected chi connectivity index (χ3v) is 7.76. The molecule has 10 heteroatoms. The molecule has 1 aliphatic heterocycles. The number of carbonyl (C=O) groups is 5. The molecule has 0 spiro atoms. The number of Topliss-reactive ketones (excluding diaryl/α,β-unsaturated/α-hetero) is 1. The predicted octanol–water partition coefficient (Wildman–Crippen LogP) is 4.20. The van der Waals surface area contributed by atoms with Crippen molar-refractivity contribution in [3.05, 3.63) is 101 Å². The molecular formula is C29H21ClN2O7. The van der Waals surface area contributed by atoms with Gasteiger partial charge in [0.15, 0.2) is 5.78 Å². The number of halogens is 1. The van der Waals surface area contributed by atoms with E-state index in [0.29, 0.717) is 0 Å². The lowest BCUT2D eigenvalue weighted by Gasteiger charge is -2.31. The highest BCUT2D eigenvalue weighted by molar-refractivity contribution is 6.34. The molecule has 196 valence electrons. The van der Waals surface area contributed by atoms with Crippen molar-refractivity contribution in [3.8, 4) is 5.75 Å². The minimum absolute atomic E-state index is 0.0252. The van der Waals surface area contributed by atoms with Crippen molar-refractivity contribution in [2.45, 2.75) is 6.42 Å². The Balaban J connectivity index is 1.26. The Kier molecular flexibility index (Phi) is 6.15. The van der Waals surface area contributed by atoms with Crippen LogP contribution in [0.5, 0.6) is 5.75 Å². The van der Waals surface area contributed by atoms with Gasteiger partial charge < -0.3 is 9.15 Å². The summed E-state index contributed by atoms with van der Waals surface area (Å²) in [4.78, 5) is 66.1. The van der Waals surface area contributed by atoms with Gasteiger partial charge in [0, 0.05) is 5.56 Å². The maximum absolute atomic E-state index is 13.7. The molecule has 1 aromatic heterocycles. The van der Waals surface area contributed by atoms with E-state index in [-0.39, 0.29) is 39.5 Å². The quantitative estimate of drug-likeness (QED) is 0.144. The minimum Gasteiger partial charge on any atom is -0.457 e. The Morgan fingerprint density at radius 2 is 1.59 bits per heavy atom. The zero-order chi connectivity index (χ0) is 27.3. The molecule has 2 aliphatic carbocycles. The molecule has 0 unspecified atom stereocenters. The number of ether oxygens (including phenoxy) is 1. The molecule has 1 saturated carbocycles. The average Bonchev–Trinajstić information content (AvgIpc) is 3.74. The molecular weight excluding hydrogens is 524 g/mol. The summed E-state index contributed by atoms with van der Waals surface area (Å²) in [6, 6.07) is 15.0. The first-order valence-corrected chi connectivity index (χ1v) is 12.7. The van der Waals surface area contributed by atoms with Gasteiger partial charge in [-0.1, -0.05) is 35.9 Å². The number of amides is 3. The van der Waals surface area contributed by atoms with Crippen molar-refractivity contribution in [1.82, 2.24) is 10.0 Å².